The van der Waals surface area contributed by atoms with E-state index in [0.29, 0.717) is 25.8 Å². The molecule has 5 nitrogen and oxygen atoms in total. The van der Waals surface area contributed by atoms with Gasteiger partial charge in [0.05, 0.1) is 0 Å². The Morgan fingerprint density at radius 1 is 0.917 bits per heavy atom. The van der Waals surface area contributed by atoms with Crippen LogP contribution in [-0.2, 0) is 16.0 Å². The fourth-order valence-corrected chi connectivity index (χ4v) is 2.46. The van der Waals surface area contributed by atoms with Crippen LogP contribution in [0.2, 0.25) is 0 Å². The summed E-state index contributed by atoms with van der Waals surface area (Å²) in [6, 6.07) is 7.68. The number of carbonyl (C=O) groups excluding carboxylic acids is 2. The normalized spacial score (nSPS) is 10.4. The number of benzene rings is 1. The third-order valence-corrected chi connectivity index (χ3v) is 3.82. The smallest absolute Gasteiger partial charge is 0.234 e. The van der Waals surface area contributed by atoms with Crippen LogP contribution in [0.3, 0.4) is 0 Å². The summed E-state index contributed by atoms with van der Waals surface area (Å²) in [5, 5.41) is 2.98. The van der Waals surface area contributed by atoms with E-state index in [1.165, 1.54) is 19.3 Å². The van der Waals surface area contributed by atoms with Gasteiger partial charge in [0.15, 0.2) is 0 Å². The number of aryl methyl sites for hydroxylation is 1. The number of hydrazine groups is 1. The van der Waals surface area contributed by atoms with E-state index in [4.69, 9.17) is 0 Å². The number of carbonyl (C=O) groups is 2. The van der Waals surface area contributed by atoms with Gasteiger partial charge in [-0.25, -0.2) is 5.43 Å². The first-order valence-electron chi connectivity index (χ1n) is 9.06. The molecule has 134 valence electrons. The molecule has 0 fully saturated rings. The summed E-state index contributed by atoms with van der Waals surface area (Å²) >= 11 is 0. The summed E-state index contributed by atoms with van der Waals surface area (Å²) in [5.74, 6) is 0.00459. The maximum atomic E-state index is 12.1. The highest BCUT2D eigenvalue weighted by Crippen LogP contribution is 2.17. The fourth-order valence-electron chi connectivity index (χ4n) is 2.46. The monoisotopic (exact) mass is 333 g/mol. The van der Waals surface area contributed by atoms with Gasteiger partial charge in [-0.2, -0.15) is 0 Å². The highest BCUT2D eigenvalue weighted by atomic mass is 16.2. The Hall–Kier alpha value is -1.88. The fraction of sp³-hybridized carbons (Fsp3) is 0.579. The van der Waals surface area contributed by atoms with Crippen LogP contribution < -0.4 is 16.2 Å². The summed E-state index contributed by atoms with van der Waals surface area (Å²) in [5.41, 5.74) is 7.23. The second-order valence-electron chi connectivity index (χ2n) is 5.95. The molecule has 1 aromatic carbocycles. The Bertz CT molecular complexity index is 503. The van der Waals surface area contributed by atoms with Crippen molar-refractivity contribution in [2.24, 2.45) is 0 Å². The third kappa shape index (κ3) is 8.67. The van der Waals surface area contributed by atoms with E-state index in [0.717, 1.165) is 24.1 Å². The molecule has 0 saturated heterocycles. The van der Waals surface area contributed by atoms with Gasteiger partial charge < -0.3 is 5.32 Å². The van der Waals surface area contributed by atoms with E-state index in [-0.39, 0.29) is 11.8 Å². The number of unbranched alkanes of at least 4 members (excludes halogenated alkanes) is 4. The van der Waals surface area contributed by atoms with Gasteiger partial charge >= 0.3 is 0 Å². The van der Waals surface area contributed by atoms with Crippen molar-refractivity contribution in [2.45, 2.75) is 65.2 Å². The number of amides is 2. The van der Waals surface area contributed by atoms with Gasteiger partial charge in [0, 0.05) is 25.1 Å². The van der Waals surface area contributed by atoms with Crippen molar-refractivity contribution in [1.82, 2.24) is 10.9 Å². The van der Waals surface area contributed by atoms with E-state index >= 15 is 0 Å². The summed E-state index contributed by atoms with van der Waals surface area (Å²) in [6.07, 6.45) is 7.22. The number of hydrogen-bond acceptors (Lipinski definition) is 3. The van der Waals surface area contributed by atoms with E-state index in [2.05, 4.69) is 23.1 Å². The standard InChI is InChI=1S/C19H31N3O2/c1-3-5-6-7-8-13-18(23)21-17-12-10-9-11-16(17)14-15-19(24)22-20-4-2/h9-12,20H,3-8,13-15H2,1-2H3,(H,21,23)(H,22,24). The molecule has 1 aromatic rings. The van der Waals surface area contributed by atoms with Gasteiger partial charge in [-0.1, -0.05) is 57.7 Å². The minimum absolute atomic E-state index is 0.0473. The van der Waals surface area contributed by atoms with Crippen molar-refractivity contribution in [2.75, 3.05) is 11.9 Å². The van der Waals surface area contributed by atoms with Crippen molar-refractivity contribution in [3.63, 3.8) is 0 Å². The molecule has 1 rings (SSSR count). The highest BCUT2D eigenvalue weighted by Gasteiger charge is 2.08. The maximum absolute atomic E-state index is 12.1. The Balaban J connectivity index is 2.42. The van der Waals surface area contributed by atoms with Crippen LogP contribution in [0, 0.1) is 0 Å². The van der Waals surface area contributed by atoms with Crippen LogP contribution in [-0.4, -0.2) is 18.4 Å². The summed E-state index contributed by atoms with van der Waals surface area (Å²) in [4.78, 5) is 23.8. The number of hydrogen-bond donors (Lipinski definition) is 3. The molecule has 5 heteroatoms. The largest absolute Gasteiger partial charge is 0.326 e. The third-order valence-electron chi connectivity index (χ3n) is 3.82. The zero-order valence-electron chi connectivity index (χ0n) is 15.0. The average Bonchev–Trinajstić information content (AvgIpc) is 2.59. The van der Waals surface area contributed by atoms with Gasteiger partial charge in [0.25, 0.3) is 0 Å². The molecule has 0 bridgehead atoms. The highest BCUT2D eigenvalue weighted by molar-refractivity contribution is 5.91. The van der Waals surface area contributed by atoms with Gasteiger partial charge in [0.2, 0.25) is 11.8 Å². The predicted molar refractivity (Wildman–Crippen MR) is 98.6 cm³/mol. The van der Waals surface area contributed by atoms with Crippen LogP contribution in [0.5, 0.6) is 0 Å². The number of anilines is 1. The second kappa shape index (κ2) is 12.5. The first-order chi connectivity index (χ1) is 11.7. The molecule has 0 saturated carbocycles. The molecule has 0 heterocycles. The average molecular weight is 333 g/mol. The molecule has 0 aliphatic carbocycles. The van der Waals surface area contributed by atoms with Crippen molar-refractivity contribution in [3.8, 4) is 0 Å². The lowest BCUT2D eigenvalue weighted by Crippen LogP contribution is -2.37. The number of nitrogens with one attached hydrogen (secondary N) is 3. The molecule has 24 heavy (non-hydrogen) atoms. The number of para-hydroxylation sites is 1. The summed E-state index contributed by atoms with van der Waals surface area (Å²) < 4.78 is 0. The topological polar surface area (TPSA) is 70.2 Å². The van der Waals surface area contributed by atoms with Crippen LogP contribution in [0.25, 0.3) is 0 Å². The lowest BCUT2D eigenvalue weighted by atomic mass is 10.1. The van der Waals surface area contributed by atoms with Crippen molar-refractivity contribution in [3.05, 3.63) is 29.8 Å². The van der Waals surface area contributed by atoms with Crippen LogP contribution in [0.4, 0.5) is 5.69 Å². The molecule has 0 aliphatic rings. The van der Waals surface area contributed by atoms with E-state index in [1.54, 1.807) is 0 Å². The van der Waals surface area contributed by atoms with Crippen LogP contribution >= 0.6 is 0 Å². The summed E-state index contributed by atoms with van der Waals surface area (Å²) in [6.45, 7) is 4.80. The van der Waals surface area contributed by atoms with Gasteiger partial charge in [0.1, 0.15) is 0 Å². The molecular formula is C19H31N3O2. The van der Waals surface area contributed by atoms with Crippen molar-refractivity contribution in [1.29, 1.82) is 0 Å². The molecule has 0 radical (unpaired) electrons. The molecule has 0 spiro atoms. The predicted octanol–water partition coefficient (Wildman–Crippen LogP) is 3.56. The molecule has 2 amide bonds. The van der Waals surface area contributed by atoms with Crippen molar-refractivity contribution >= 4 is 17.5 Å². The minimum atomic E-state index is -0.0473. The first kappa shape index (κ1) is 20.2. The van der Waals surface area contributed by atoms with Crippen LogP contribution in [0.1, 0.15) is 64.4 Å². The van der Waals surface area contributed by atoms with E-state index in [9.17, 15) is 9.59 Å². The van der Waals surface area contributed by atoms with E-state index in [1.807, 2.05) is 31.2 Å². The quantitative estimate of drug-likeness (QED) is 0.404. The lowest BCUT2D eigenvalue weighted by molar-refractivity contribution is -0.122. The maximum Gasteiger partial charge on any atom is 0.234 e. The second-order valence-corrected chi connectivity index (χ2v) is 5.95. The Kier molecular flexibility index (Phi) is 10.5. The van der Waals surface area contributed by atoms with Gasteiger partial charge in [-0.15, -0.1) is 0 Å². The SMILES string of the molecule is CCCCCCCC(=O)Nc1ccccc1CCC(=O)NNCC. The molecule has 0 aliphatic heterocycles. The molecular weight excluding hydrogens is 302 g/mol. The minimum Gasteiger partial charge on any atom is -0.326 e. The van der Waals surface area contributed by atoms with Gasteiger partial charge in [-0.05, 0) is 24.5 Å². The summed E-state index contributed by atoms with van der Waals surface area (Å²) in [7, 11) is 0. The zero-order chi connectivity index (χ0) is 17.6. The van der Waals surface area contributed by atoms with Crippen LogP contribution in [0.15, 0.2) is 24.3 Å². The van der Waals surface area contributed by atoms with Gasteiger partial charge in [-0.3, -0.25) is 15.0 Å². The zero-order valence-corrected chi connectivity index (χ0v) is 15.0. The van der Waals surface area contributed by atoms with Crippen molar-refractivity contribution < 1.29 is 9.59 Å². The van der Waals surface area contributed by atoms with E-state index < -0.39 is 0 Å². The lowest BCUT2D eigenvalue weighted by Gasteiger charge is -2.11. The molecule has 3 N–H and O–H groups in total. The molecule has 0 unspecified atom stereocenters. The molecule has 0 aromatic heterocycles. The number of rotatable bonds is 12. The Morgan fingerprint density at radius 3 is 2.42 bits per heavy atom. The molecule has 0 atom stereocenters. The first-order valence-corrected chi connectivity index (χ1v) is 9.06. The Morgan fingerprint density at radius 2 is 1.67 bits per heavy atom. The Labute approximate surface area is 145 Å².